The molecule has 6 nitrogen and oxygen atoms in total. The van der Waals surface area contributed by atoms with Gasteiger partial charge in [-0.3, -0.25) is 9.59 Å². The van der Waals surface area contributed by atoms with Crippen molar-refractivity contribution in [1.82, 2.24) is 10.2 Å². The molecule has 1 saturated heterocycles. The molecule has 0 bridgehead atoms. The number of rotatable bonds is 3. The van der Waals surface area contributed by atoms with Gasteiger partial charge >= 0.3 is 5.97 Å². The average Bonchev–Trinajstić information content (AvgIpc) is 2.42. The number of carboxylic acid groups (broad SMARTS) is 1. The highest BCUT2D eigenvalue weighted by Crippen LogP contribution is 2.07. The van der Waals surface area contributed by atoms with Crippen molar-refractivity contribution >= 4 is 17.8 Å². The second-order valence-corrected chi connectivity index (χ2v) is 3.36. The van der Waals surface area contributed by atoms with Gasteiger partial charge in [0.25, 0.3) is 0 Å². The van der Waals surface area contributed by atoms with Gasteiger partial charge in [-0.05, 0) is 0 Å². The van der Waals surface area contributed by atoms with E-state index in [0.717, 1.165) is 12.2 Å². The minimum absolute atomic E-state index is 0.0254. The molecule has 6 heteroatoms. The molecule has 1 unspecified atom stereocenters. The first-order chi connectivity index (χ1) is 6.99. The van der Waals surface area contributed by atoms with Crippen molar-refractivity contribution in [2.45, 2.75) is 12.5 Å². The minimum atomic E-state index is -1.18. The first-order valence-electron chi connectivity index (χ1n) is 4.44. The number of nitrogens with one attached hydrogen (secondary N) is 1. The zero-order valence-electron chi connectivity index (χ0n) is 8.27. The summed E-state index contributed by atoms with van der Waals surface area (Å²) in [5, 5.41) is 10.8. The van der Waals surface area contributed by atoms with E-state index in [1.165, 1.54) is 4.90 Å². The van der Waals surface area contributed by atoms with E-state index in [9.17, 15) is 14.4 Å². The van der Waals surface area contributed by atoms with Crippen LogP contribution in [0.2, 0.25) is 0 Å². The predicted molar refractivity (Wildman–Crippen MR) is 51.0 cm³/mol. The summed E-state index contributed by atoms with van der Waals surface area (Å²) in [5.74, 6) is -1.70. The molecule has 0 radical (unpaired) electrons. The summed E-state index contributed by atoms with van der Waals surface area (Å²) in [5.41, 5.74) is 0. The van der Waals surface area contributed by atoms with Crippen molar-refractivity contribution in [3.63, 3.8) is 0 Å². The van der Waals surface area contributed by atoms with Crippen LogP contribution in [0.1, 0.15) is 6.42 Å². The third kappa shape index (κ3) is 3.41. The van der Waals surface area contributed by atoms with E-state index in [0.29, 0.717) is 6.54 Å². The number of aliphatic carboxylic acids is 1. The van der Waals surface area contributed by atoms with Crippen LogP contribution in [0.3, 0.4) is 0 Å². The van der Waals surface area contributed by atoms with E-state index in [1.54, 1.807) is 7.05 Å². The summed E-state index contributed by atoms with van der Waals surface area (Å²) in [6.07, 6.45) is 1.96. The molecule has 0 spiro atoms. The monoisotopic (exact) mass is 212 g/mol. The van der Waals surface area contributed by atoms with Crippen LogP contribution in [0, 0.1) is 0 Å². The quantitative estimate of drug-likeness (QED) is 0.586. The van der Waals surface area contributed by atoms with Crippen LogP contribution < -0.4 is 5.32 Å². The molecule has 15 heavy (non-hydrogen) atoms. The van der Waals surface area contributed by atoms with Crippen molar-refractivity contribution in [3.8, 4) is 0 Å². The lowest BCUT2D eigenvalue weighted by Gasteiger charge is -2.10. The predicted octanol–water partition coefficient (Wildman–Crippen LogP) is -1.03. The van der Waals surface area contributed by atoms with Gasteiger partial charge in [-0.15, -0.1) is 0 Å². The number of carbonyl (C=O) groups is 3. The smallest absolute Gasteiger partial charge is 0.328 e. The molecular formula is C9H12N2O4. The number of amides is 2. The van der Waals surface area contributed by atoms with E-state index in [2.05, 4.69) is 5.32 Å². The van der Waals surface area contributed by atoms with Gasteiger partial charge in [-0.25, -0.2) is 4.79 Å². The van der Waals surface area contributed by atoms with Crippen LogP contribution in [0.25, 0.3) is 0 Å². The fourth-order valence-corrected chi connectivity index (χ4v) is 1.36. The molecule has 2 amide bonds. The number of likely N-dealkylation sites (N-methyl/N-ethyl adjacent to an activating group) is 1. The van der Waals surface area contributed by atoms with Gasteiger partial charge in [0.1, 0.15) is 0 Å². The summed E-state index contributed by atoms with van der Waals surface area (Å²) < 4.78 is 0. The number of likely N-dealkylation sites (tertiary alicyclic amines) is 1. The Morgan fingerprint density at radius 1 is 1.53 bits per heavy atom. The van der Waals surface area contributed by atoms with Crippen LogP contribution in [0.15, 0.2) is 12.2 Å². The van der Waals surface area contributed by atoms with Crippen LogP contribution in [0.4, 0.5) is 0 Å². The van der Waals surface area contributed by atoms with Crippen molar-refractivity contribution in [3.05, 3.63) is 12.2 Å². The van der Waals surface area contributed by atoms with E-state index in [-0.39, 0.29) is 18.4 Å². The molecule has 2 N–H and O–H groups in total. The maximum atomic E-state index is 11.1. The third-order valence-electron chi connectivity index (χ3n) is 2.06. The lowest BCUT2D eigenvalue weighted by Crippen LogP contribution is -2.35. The van der Waals surface area contributed by atoms with E-state index >= 15 is 0 Å². The van der Waals surface area contributed by atoms with Gasteiger partial charge in [-0.1, -0.05) is 0 Å². The van der Waals surface area contributed by atoms with Gasteiger partial charge in [0.05, 0.1) is 6.04 Å². The Balaban J connectivity index is 2.40. The molecule has 1 atom stereocenters. The largest absolute Gasteiger partial charge is 0.478 e. The molecule has 0 aromatic rings. The molecule has 82 valence electrons. The molecule has 1 aliphatic heterocycles. The number of hydrogen-bond donors (Lipinski definition) is 2. The van der Waals surface area contributed by atoms with Crippen molar-refractivity contribution in [2.75, 3.05) is 13.6 Å². The van der Waals surface area contributed by atoms with Gasteiger partial charge in [0.2, 0.25) is 11.8 Å². The van der Waals surface area contributed by atoms with Gasteiger partial charge in [-0.2, -0.15) is 0 Å². The Hall–Kier alpha value is -1.85. The molecule has 0 aromatic carbocycles. The van der Waals surface area contributed by atoms with E-state index in [1.807, 2.05) is 0 Å². The summed E-state index contributed by atoms with van der Waals surface area (Å²) in [4.78, 5) is 33.9. The molecule has 0 aromatic heterocycles. The summed E-state index contributed by atoms with van der Waals surface area (Å²) in [7, 11) is 1.65. The number of carboxylic acids is 1. The maximum absolute atomic E-state index is 11.1. The summed E-state index contributed by atoms with van der Waals surface area (Å²) in [6, 6.07) is -0.228. The Morgan fingerprint density at radius 2 is 2.20 bits per heavy atom. The molecule has 1 rings (SSSR count). The Bertz CT molecular complexity index is 324. The lowest BCUT2D eigenvalue weighted by molar-refractivity contribution is -0.132. The van der Waals surface area contributed by atoms with Crippen molar-refractivity contribution in [2.24, 2.45) is 0 Å². The lowest BCUT2D eigenvalue weighted by atomic mass is 10.2. The zero-order chi connectivity index (χ0) is 11.4. The minimum Gasteiger partial charge on any atom is -0.478 e. The molecule has 1 aliphatic rings. The highest BCUT2D eigenvalue weighted by atomic mass is 16.4. The molecule has 0 aliphatic carbocycles. The molecule has 1 fully saturated rings. The number of carbonyl (C=O) groups excluding carboxylic acids is 2. The average molecular weight is 212 g/mol. The molecular weight excluding hydrogens is 200 g/mol. The standard InChI is InChI=1S/C9H12N2O4/c1-11-5-6(4-8(11)13)10-7(12)2-3-9(14)15/h2-3,6H,4-5H2,1H3,(H,10,12)(H,14,15)/b3-2+. The van der Waals surface area contributed by atoms with Gasteiger partial charge < -0.3 is 15.3 Å². The fourth-order valence-electron chi connectivity index (χ4n) is 1.36. The molecule has 1 heterocycles. The highest BCUT2D eigenvalue weighted by Gasteiger charge is 2.27. The fraction of sp³-hybridized carbons (Fsp3) is 0.444. The van der Waals surface area contributed by atoms with E-state index in [4.69, 9.17) is 5.11 Å². The first-order valence-corrected chi connectivity index (χ1v) is 4.44. The first kappa shape index (κ1) is 11.2. The molecule has 0 saturated carbocycles. The summed E-state index contributed by atoms with van der Waals surface area (Å²) >= 11 is 0. The second-order valence-electron chi connectivity index (χ2n) is 3.36. The van der Waals surface area contributed by atoms with Crippen LogP contribution in [-0.2, 0) is 14.4 Å². The number of hydrogen-bond acceptors (Lipinski definition) is 3. The topological polar surface area (TPSA) is 86.7 Å². The Morgan fingerprint density at radius 3 is 2.67 bits per heavy atom. The normalized spacial score (nSPS) is 21.0. The Kier molecular flexibility index (Phi) is 3.43. The number of nitrogens with zero attached hydrogens (tertiary/aromatic N) is 1. The van der Waals surface area contributed by atoms with Crippen LogP contribution in [-0.4, -0.2) is 47.4 Å². The highest BCUT2D eigenvalue weighted by molar-refractivity contribution is 5.94. The SMILES string of the molecule is CN1CC(NC(=O)/C=C/C(=O)O)CC1=O. The van der Waals surface area contributed by atoms with Gasteiger partial charge in [0, 0.05) is 32.2 Å². The van der Waals surface area contributed by atoms with Crippen molar-refractivity contribution < 1.29 is 19.5 Å². The van der Waals surface area contributed by atoms with Crippen molar-refractivity contribution in [1.29, 1.82) is 0 Å². The zero-order valence-corrected chi connectivity index (χ0v) is 8.27. The second kappa shape index (κ2) is 4.59. The maximum Gasteiger partial charge on any atom is 0.328 e. The summed E-state index contributed by atoms with van der Waals surface area (Å²) in [6.45, 7) is 0.464. The van der Waals surface area contributed by atoms with E-state index < -0.39 is 11.9 Å². The van der Waals surface area contributed by atoms with Crippen LogP contribution in [0.5, 0.6) is 0 Å². The Labute approximate surface area is 86.6 Å². The van der Waals surface area contributed by atoms with Crippen LogP contribution >= 0.6 is 0 Å². The third-order valence-corrected chi connectivity index (χ3v) is 2.06. The van der Waals surface area contributed by atoms with Gasteiger partial charge in [0.15, 0.2) is 0 Å².